The highest BCUT2D eigenvalue weighted by molar-refractivity contribution is 7.93. The SMILES string of the molecule is Cc1ccc(NC(=O)[C@H]2CCc3nnc(C)n3C2)cc1N1CCCS1(=O)=O. The van der Waals surface area contributed by atoms with Gasteiger partial charge in [0.15, 0.2) is 0 Å². The Hall–Kier alpha value is -2.42. The number of amides is 1. The highest BCUT2D eigenvalue weighted by Crippen LogP contribution is 2.30. The summed E-state index contributed by atoms with van der Waals surface area (Å²) in [6.07, 6.45) is 2.08. The maximum absolute atomic E-state index is 12.8. The summed E-state index contributed by atoms with van der Waals surface area (Å²) in [6.45, 7) is 4.82. The van der Waals surface area contributed by atoms with Gasteiger partial charge in [0.25, 0.3) is 0 Å². The van der Waals surface area contributed by atoms with Gasteiger partial charge in [-0.3, -0.25) is 9.10 Å². The molecule has 0 saturated carbocycles. The second-order valence-corrected chi connectivity index (χ2v) is 9.25. The summed E-state index contributed by atoms with van der Waals surface area (Å²) in [7, 11) is -3.26. The van der Waals surface area contributed by atoms with Gasteiger partial charge in [-0.05, 0) is 44.4 Å². The lowest BCUT2D eigenvalue weighted by molar-refractivity contribution is -0.120. The van der Waals surface area contributed by atoms with Crippen LogP contribution in [0.15, 0.2) is 18.2 Å². The van der Waals surface area contributed by atoms with E-state index in [0.717, 1.165) is 30.1 Å². The molecule has 0 unspecified atom stereocenters. The fourth-order valence-corrected chi connectivity index (χ4v) is 5.40. The predicted molar refractivity (Wildman–Crippen MR) is 102 cm³/mol. The number of carbonyl (C=O) groups is 1. The number of aryl methyl sites for hydroxylation is 3. The second-order valence-electron chi connectivity index (χ2n) is 7.24. The molecule has 1 aromatic heterocycles. The summed E-state index contributed by atoms with van der Waals surface area (Å²) < 4.78 is 27.9. The lowest BCUT2D eigenvalue weighted by Gasteiger charge is -2.24. The molecule has 9 heteroatoms. The minimum atomic E-state index is -3.26. The molecule has 1 N–H and O–H groups in total. The van der Waals surface area contributed by atoms with Gasteiger partial charge in [-0.25, -0.2) is 8.42 Å². The predicted octanol–water partition coefficient (Wildman–Crippen LogP) is 1.64. The Morgan fingerprint density at radius 1 is 1.26 bits per heavy atom. The van der Waals surface area contributed by atoms with Gasteiger partial charge < -0.3 is 9.88 Å². The maximum atomic E-state index is 12.8. The number of sulfonamides is 1. The Morgan fingerprint density at radius 2 is 2.07 bits per heavy atom. The highest BCUT2D eigenvalue weighted by atomic mass is 32.2. The van der Waals surface area contributed by atoms with Crippen molar-refractivity contribution >= 4 is 27.3 Å². The molecular weight excluding hydrogens is 366 g/mol. The molecule has 2 aromatic rings. The van der Waals surface area contributed by atoms with Crippen LogP contribution >= 0.6 is 0 Å². The molecule has 3 heterocycles. The van der Waals surface area contributed by atoms with Crippen molar-refractivity contribution in [2.75, 3.05) is 21.9 Å². The minimum absolute atomic E-state index is 0.0622. The number of nitrogens with one attached hydrogen (secondary N) is 1. The molecule has 1 amide bonds. The molecule has 4 rings (SSSR count). The maximum Gasteiger partial charge on any atom is 0.235 e. The van der Waals surface area contributed by atoms with Crippen LogP contribution in [-0.4, -0.2) is 41.4 Å². The fraction of sp³-hybridized carbons (Fsp3) is 0.500. The van der Waals surface area contributed by atoms with E-state index in [1.165, 1.54) is 4.31 Å². The van der Waals surface area contributed by atoms with Crippen LogP contribution in [0.5, 0.6) is 0 Å². The summed E-state index contributed by atoms with van der Waals surface area (Å²) in [4.78, 5) is 12.8. The standard InChI is InChI=1S/C18H23N5O3S/c1-12-4-6-15(10-16(12)23-8-3-9-27(23,25)26)19-18(24)14-5-7-17-21-20-13(2)22(17)11-14/h4,6,10,14H,3,5,7-9,11H2,1-2H3,(H,19,24)/t14-/m0/s1. The van der Waals surface area contributed by atoms with E-state index in [4.69, 9.17) is 0 Å². The van der Waals surface area contributed by atoms with Gasteiger partial charge in [-0.15, -0.1) is 10.2 Å². The number of rotatable bonds is 3. The van der Waals surface area contributed by atoms with Gasteiger partial charge in [0, 0.05) is 25.2 Å². The third-order valence-electron chi connectivity index (χ3n) is 5.35. The minimum Gasteiger partial charge on any atom is -0.326 e. The van der Waals surface area contributed by atoms with Crippen LogP contribution in [0.4, 0.5) is 11.4 Å². The first-order chi connectivity index (χ1) is 12.8. The Kier molecular flexibility index (Phi) is 4.41. The van der Waals surface area contributed by atoms with Crippen LogP contribution in [-0.2, 0) is 27.8 Å². The lowest BCUT2D eigenvalue weighted by atomic mass is 9.98. The van der Waals surface area contributed by atoms with Gasteiger partial charge in [-0.2, -0.15) is 0 Å². The first-order valence-corrected chi connectivity index (χ1v) is 10.8. The molecule has 0 spiro atoms. The van der Waals surface area contributed by atoms with Crippen LogP contribution in [0.3, 0.4) is 0 Å². The van der Waals surface area contributed by atoms with Crippen LogP contribution < -0.4 is 9.62 Å². The van der Waals surface area contributed by atoms with Gasteiger partial charge in [0.2, 0.25) is 15.9 Å². The molecule has 0 bridgehead atoms. The van der Waals surface area contributed by atoms with Crippen LogP contribution in [0.25, 0.3) is 0 Å². The molecule has 1 atom stereocenters. The Labute approximate surface area is 158 Å². The van der Waals surface area contributed by atoms with E-state index in [-0.39, 0.29) is 17.6 Å². The van der Waals surface area contributed by atoms with Crippen molar-refractivity contribution in [3.63, 3.8) is 0 Å². The van der Waals surface area contributed by atoms with Crippen molar-refractivity contribution < 1.29 is 13.2 Å². The van der Waals surface area contributed by atoms with Gasteiger partial charge >= 0.3 is 0 Å². The van der Waals surface area contributed by atoms with Crippen LogP contribution in [0.1, 0.15) is 30.1 Å². The first kappa shape index (κ1) is 18.0. The number of hydrogen-bond acceptors (Lipinski definition) is 5. The van der Waals surface area contributed by atoms with E-state index in [0.29, 0.717) is 30.9 Å². The third-order valence-corrected chi connectivity index (χ3v) is 7.20. The monoisotopic (exact) mass is 389 g/mol. The number of benzene rings is 1. The molecule has 8 nitrogen and oxygen atoms in total. The summed E-state index contributed by atoms with van der Waals surface area (Å²) in [5.41, 5.74) is 2.14. The fourth-order valence-electron chi connectivity index (χ4n) is 3.79. The zero-order chi connectivity index (χ0) is 19.2. The van der Waals surface area contributed by atoms with E-state index >= 15 is 0 Å². The topological polar surface area (TPSA) is 97.2 Å². The molecule has 0 aliphatic carbocycles. The number of hydrogen-bond donors (Lipinski definition) is 1. The molecule has 144 valence electrons. The average Bonchev–Trinajstić information content (AvgIpc) is 3.18. The van der Waals surface area contributed by atoms with Crippen LogP contribution in [0, 0.1) is 19.8 Å². The molecule has 27 heavy (non-hydrogen) atoms. The van der Waals surface area contributed by atoms with Gasteiger partial charge in [0.1, 0.15) is 11.6 Å². The number of nitrogens with zero attached hydrogens (tertiary/aromatic N) is 4. The van der Waals surface area contributed by atoms with Crippen molar-refractivity contribution in [3.05, 3.63) is 35.4 Å². The van der Waals surface area contributed by atoms with Gasteiger partial charge in [0.05, 0.1) is 17.4 Å². The molecule has 1 fully saturated rings. The quantitative estimate of drug-likeness (QED) is 0.861. The lowest BCUT2D eigenvalue weighted by Crippen LogP contribution is -2.31. The molecule has 1 saturated heterocycles. The molecule has 2 aliphatic rings. The van der Waals surface area contributed by atoms with E-state index in [9.17, 15) is 13.2 Å². The molecule has 0 radical (unpaired) electrons. The van der Waals surface area contributed by atoms with Crippen molar-refractivity contribution in [1.29, 1.82) is 0 Å². The average molecular weight is 389 g/mol. The van der Waals surface area contributed by atoms with E-state index in [1.807, 2.05) is 30.5 Å². The number of aromatic nitrogens is 3. The summed E-state index contributed by atoms with van der Waals surface area (Å²) >= 11 is 0. The smallest absolute Gasteiger partial charge is 0.235 e. The molecular formula is C18H23N5O3S. The van der Waals surface area contributed by atoms with Crippen LogP contribution in [0.2, 0.25) is 0 Å². The van der Waals surface area contributed by atoms with Gasteiger partial charge in [-0.1, -0.05) is 6.07 Å². The van der Waals surface area contributed by atoms with Crippen molar-refractivity contribution in [2.24, 2.45) is 5.92 Å². The first-order valence-electron chi connectivity index (χ1n) is 9.16. The van der Waals surface area contributed by atoms with E-state index in [2.05, 4.69) is 15.5 Å². The van der Waals surface area contributed by atoms with Crippen molar-refractivity contribution in [2.45, 2.75) is 39.7 Å². The Balaban J connectivity index is 1.52. The zero-order valence-corrected chi connectivity index (χ0v) is 16.3. The zero-order valence-electron chi connectivity index (χ0n) is 15.5. The number of fused-ring (bicyclic) bond motifs is 1. The number of anilines is 2. The normalized spacial score (nSPS) is 21.1. The summed E-state index contributed by atoms with van der Waals surface area (Å²) in [5, 5.41) is 11.2. The third kappa shape index (κ3) is 3.31. The second kappa shape index (κ2) is 6.63. The van der Waals surface area contributed by atoms with E-state index in [1.54, 1.807) is 6.07 Å². The van der Waals surface area contributed by atoms with Crippen molar-refractivity contribution in [3.8, 4) is 0 Å². The Bertz CT molecular complexity index is 998. The number of carbonyl (C=O) groups excluding carboxylic acids is 1. The summed E-state index contributed by atoms with van der Waals surface area (Å²) in [6, 6.07) is 5.42. The molecule has 1 aromatic carbocycles. The van der Waals surface area contributed by atoms with Crippen molar-refractivity contribution in [1.82, 2.24) is 14.8 Å². The molecule has 2 aliphatic heterocycles. The largest absolute Gasteiger partial charge is 0.326 e. The highest BCUT2D eigenvalue weighted by Gasteiger charge is 2.30. The Morgan fingerprint density at radius 3 is 2.81 bits per heavy atom. The van der Waals surface area contributed by atoms with E-state index < -0.39 is 10.0 Å². The summed E-state index contributed by atoms with van der Waals surface area (Å²) in [5.74, 6) is 1.69.